The summed E-state index contributed by atoms with van der Waals surface area (Å²) in [7, 11) is 3.83. The molecule has 4 aromatic rings. The van der Waals surface area contributed by atoms with E-state index in [4.69, 9.17) is 0 Å². The van der Waals surface area contributed by atoms with Crippen LogP contribution in [0.4, 0.5) is 11.4 Å². The van der Waals surface area contributed by atoms with Gasteiger partial charge in [0.2, 0.25) is 0 Å². The third kappa shape index (κ3) is 3.54. The van der Waals surface area contributed by atoms with Gasteiger partial charge in [-0.15, -0.1) is 11.3 Å². The molecule has 0 aliphatic carbocycles. The van der Waals surface area contributed by atoms with E-state index in [-0.39, 0.29) is 11.7 Å². The predicted molar refractivity (Wildman–Crippen MR) is 115 cm³/mol. The van der Waals surface area contributed by atoms with Gasteiger partial charge in [0.15, 0.2) is 0 Å². The predicted octanol–water partition coefficient (Wildman–Crippen LogP) is 4.99. The SMILES string of the molecule is CN(C)c1ccccc1C(=O)Nc1ccc(-c2nc3ccc(O)cc3s2)cc1. The number of hydrogen-bond donors (Lipinski definition) is 2. The number of aromatic nitrogens is 1. The maximum atomic E-state index is 12.7. The first-order valence-corrected chi connectivity index (χ1v) is 9.60. The first-order valence-electron chi connectivity index (χ1n) is 8.79. The Kier molecular flexibility index (Phi) is 4.71. The zero-order chi connectivity index (χ0) is 19.7. The summed E-state index contributed by atoms with van der Waals surface area (Å²) >= 11 is 1.52. The zero-order valence-corrected chi connectivity index (χ0v) is 16.3. The number of phenolic OH excluding ortho intramolecular Hbond substituents is 1. The molecule has 6 heteroatoms. The van der Waals surface area contributed by atoms with Crippen LogP contribution in [0.5, 0.6) is 5.75 Å². The monoisotopic (exact) mass is 389 g/mol. The van der Waals surface area contributed by atoms with Crippen molar-refractivity contribution in [2.24, 2.45) is 0 Å². The van der Waals surface area contributed by atoms with Gasteiger partial charge >= 0.3 is 0 Å². The zero-order valence-electron chi connectivity index (χ0n) is 15.5. The van der Waals surface area contributed by atoms with Gasteiger partial charge in [-0.05, 0) is 54.6 Å². The molecule has 4 rings (SSSR count). The lowest BCUT2D eigenvalue weighted by molar-refractivity contribution is 0.102. The van der Waals surface area contributed by atoms with Gasteiger partial charge in [-0.2, -0.15) is 0 Å². The number of benzene rings is 3. The number of rotatable bonds is 4. The van der Waals surface area contributed by atoms with E-state index in [9.17, 15) is 9.90 Å². The van der Waals surface area contributed by atoms with Crippen LogP contribution in [0.1, 0.15) is 10.4 Å². The molecule has 1 aromatic heterocycles. The molecule has 5 nitrogen and oxygen atoms in total. The molecular formula is C22H19N3O2S. The molecule has 1 heterocycles. The topological polar surface area (TPSA) is 65.5 Å². The second kappa shape index (κ2) is 7.32. The highest BCUT2D eigenvalue weighted by Crippen LogP contribution is 2.32. The van der Waals surface area contributed by atoms with E-state index in [1.807, 2.05) is 67.5 Å². The first-order chi connectivity index (χ1) is 13.5. The molecule has 0 aliphatic heterocycles. The number of hydrogen-bond acceptors (Lipinski definition) is 5. The van der Waals surface area contributed by atoms with Gasteiger partial charge < -0.3 is 15.3 Å². The van der Waals surface area contributed by atoms with Crippen molar-refractivity contribution in [3.05, 3.63) is 72.3 Å². The maximum Gasteiger partial charge on any atom is 0.257 e. The van der Waals surface area contributed by atoms with Crippen LogP contribution in [0.2, 0.25) is 0 Å². The van der Waals surface area contributed by atoms with Crippen LogP contribution >= 0.6 is 11.3 Å². The van der Waals surface area contributed by atoms with Crippen molar-refractivity contribution in [1.82, 2.24) is 4.98 Å². The Morgan fingerprint density at radius 1 is 1.04 bits per heavy atom. The summed E-state index contributed by atoms with van der Waals surface area (Å²) in [5.74, 6) is 0.0891. The second-order valence-corrected chi connectivity index (χ2v) is 7.64. The van der Waals surface area contributed by atoms with Crippen molar-refractivity contribution in [2.75, 3.05) is 24.3 Å². The van der Waals surface area contributed by atoms with Gasteiger partial charge in [0, 0.05) is 31.0 Å². The Hall–Kier alpha value is -3.38. The van der Waals surface area contributed by atoms with Crippen molar-refractivity contribution < 1.29 is 9.90 Å². The number of amides is 1. The standard InChI is InChI=1S/C22H19N3O2S/c1-25(2)19-6-4-3-5-17(19)21(27)23-15-9-7-14(8-10-15)22-24-18-12-11-16(26)13-20(18)28-22/h3-13,26H,1-2H3,(H,23,27). The Labute approximate surface area is 166 Å². The van der Waals surface area contributed by atoms with Crippen LogP contribution < -0.4 is 10.2 Å². The number of phenols is 1. The van der Waals surface area contributed by atoms with Gasteiger partial charge in [-0.1, -0.05) is 12.1 Å². The molecule has 0 spiro atoms. The summed E-state index contributed by atoms with van der Waals surface area (Å²) < 4.78 is 0.938. The molecule has 0 radical (unpaired) electrons. The minimum atomic E-state index is -0.146. The first kappa shape index (κ1) is 18.0. The Balaban J connectivity index is 1.55. The summed E-state index contributed by atoms with van der Waals surface area (Å²) in [6.45, 7) is 0. The molecule has 0 bridgehead atoms. The summed E-state index contributed by atoms with van der Waals surface area (Å²) in [6.07, 6.45) is 0. The molecule has 0 saturated heterocycles. The van der Waals surface area contributed by atoms with Gasteiger partial charge in [-0.3, -0.25) is 4.79 Å². The number of nitrogens with one attached hydrogen (secondary N) is 1. The summed E-state index contributed by atoms with van der Waals surface area (Å²) in [6, 6.07) is 20.3. The van der Waals surface area contributed by atoms with E-state index in [0.29, 0.717) is 5.56 Å². The van der Waals surface area contributed by atoms with E-state index < -0.39 is 0 Å². The van der Waals surface area contributed by atoms with Crippen molar-refractivity contribution in [1.29, 1.82) is 0 Å². The highest BCUT2D eigenvalue weighted by Gasteiger charge is 2.13. The quantitative estimate of drug-likeness (QED) is 0.516. The molecule has 1 amide bonds. The maximum absolute atomic E-state index is 12.7. The van der Waals surface area contributed by atoms with Crippen molar-refractivity contribution >= 4 is 38.8 Å². The third-order valence-electron chi connectivity index (χ3n) is 4.39. The number of carbonyl (C=O) groups excluding carboxylic acids is 1. The van der Waals surface area contributed by atoms with Crippen LogP contribution in [0.15, 0.2) is 66.7 Å². The molecule has 28 heavy (non-hydrogen) atoms. The molecule has 2 N–H and O–H groups in total. The highest BCUT2D eigenvalue weighted by molar-refractivity contribution is 7.21. The number of fused-ring (bicyclic) bond motifs is 1. The Bertz CT molecular complexity index is 1150. The van der Waals surface area contributed by atoms with E-state index in [0.717, 1.165) is 32.2 Å². The van der Waals surface area contributed by atoms with Gasteiger partial charge in [0.25, 0.3) is 5.91 Å². The minimum absolute atomic E-state index is 0.146. The largest absolute Gasteiger partial charge is 0.508 e. The Morgan fingerprint density at radius 3 is 2.54 bits per heavy atom. The summed E-state index contributed by atoms with van der Waals surface area (Å²) in [4.78, 5) is 19.2. The summed E-state index contributed by atoms with van der Waals surface area (Å²) in [5, 5.41) is 13.4. The smallest absolute Gasteiger partial charge is 0.257 e. The van der Waals surface area contributed by atoms with Gasteiger partial charge in [0.1, 0.15) is 10.8 Å². The van der Waals surface area contributed by atoms with Crippen LogP contribution in [0.3, 0.4) is 0 Å². The van der Waals surface area contributed by atoms with Crippen LogP contribution in [0, 0.1) is 0 Å². The van der Waals surface area contributed by atoms with Crippen molar-refractivity contribution in [3.63, 3.8) is 0 Å². The number of nitrogens with zero attached hydrogens (tertiary/aromatic N) is 2. The lowest BCUT2D eigenvalue weighted by Crippen LogP contribution is -2.18. The highest BCUT2D eigenvalue weighted by atomic mass is 32.1. The molecule has 0 unspecified atom stereocenters. The minimum Gasteiger partial charge on any atom is -0.508 e. The van der Waals surface area contributed by atoms with Crippen LogP contribution in [-0.4, -0.2) is 30.1 Å². The number of anilines is 2. The van der Waals surface area contributed by atoms with E-state index in [1.54, 1.807) is 18.2 Å². The lowest BCUT2D eigenvalue weighted by Gasteiger charge is -2.17. The van der Waals surface area contributed by atoms with E-state index >= 15 is 0 Å². The Morgan fingerprint density at radius 2 is 1.79 bits per heavy atom. The van der Waals surface area contributed by atoms with Crippen LogP contribution in [-0.2, 0) is 0 Å². The fourth-order valence-corrected chi connectivity index (χ4v) is 3.99. The fraction of sp³-hybridized carbons (Fsp3) is 0.0909. The van der Waals surface area contributed by atoms with Gasteiger partial charge in [-0.25, -0.2) is 4.98 Å². The molecule has 0 aliphatic rings. The number of carbonyl (C=O) groups is 1. The van der Waals surface area contributed by atoms with E-state index in [2.05, 4.69) is 10.3 Å². The van der Waals surface area contributed by atoms with Crippen molar-refractivity contribution in [2.45, 2.75) is 0 Å². The molecule has 3 aromatic carbocycles. The van der Waals surface area contributed by atoms with Crippen LogP contribution in [0.25, 0.3) is 20.8 Å². The normalized spacial score (nSPS) is 10.8. The second-order valence-electron chi connectivity index (χ2n) is 6.61. The third-order valence-corrected chi connectivity index (χ3v) is 5.46. The number of para-hydroxylation sites is 1. The molecule has 140 valence electrons. The number of thiazole rings is 1. The van der Waals surface area contributed by atoms with E-state index in [1.165, 1.54) is 11.3 Å². The molecular weight excluding hydrogens is 370 g/mol. The average Bonchev–Trinajstić information content (AvgIpc) is 3.11. The fourth-order valence-electron chi connectivity index (χ4n) is 2.99. The average molecular weight is 389 g/mol. The molecule has 0 atom stereocenters. The molecule has 0 fully saturated rings. The lowest BCUT2D eigenvalue weighted by atomic mass is 10.1. The molecule has 0 saturated carbocycles. The van der Waals surface area contributed by atoms with Gasteiger partial charge in [0.05, 0.1) is 15.8 Å². The van der Waals surface area contributed by atoms with Crippen molar-refractivity contribution in [3.8, 4) is 16.3 Å². The number of aromatic hydroxyl groups is 1. The summed E-state index contributed by atoms with van der Waals surface area (Å²) in [5.41, 5.74) is 4.04.